The maximum Gasteiger partial charge on any atom is 0.235 e. The zero-order valence-corrected chi connectivity index (χ0v) is 26.6. The first-order valence-corrected chi connectivity index (χ1v) is 17.7. The van der Waals surface area contributed by atoms with Gasteiger partial charge in [-0.2, -0.15) is 0 Å². The summed E-state index contributed by atoms with van der Waals surface area (Å²) in [4.78, 5) is 10.9. The lowest BCUT2D eigenvalue weighted by molar-refractivity contribution is 1.02. The van der Waals surface area contributed by atoms with Crippen molar-refractivity contribution in [1.82, 2.24) is 14.5 Å². The predicted molar refractivity (Wildman–Crippen MR) is 200 cm³/mol. The smallest absolute Gasteiger partial charge is 0.235 e. The molecular formula is C40H21N3S3. The van der Waals surface area contributed by atoms with E-state index < -0.39 is 0 Å². The van der Waals surface area contributed by atoms with Crippen molar-refractivity contribution in [1.29, 1.82) is 0 Å². The highest BCUT2D eigenvalue weighted by atomic mass is 32.1. The van der Waals surface area contributed by atoms with Crippen LogP contribution in [0.2, 0.25) is 0 Å². The molecule has 0 N–H and O–H groups in total. The van der Waals surface area contributed by atoms with Crippen molar-refractivity contribution in [3.05, 3.63) is 127 Å². The molecule has 0 saturated heterocycles. The number of aromatic nitrogens is 3. The molecule has 0 unspecified atom stereocenters. The second kappa shape index (κ2) is 9.21. The third kappa shape index (κ3) is 3.35. The Bertz CT molecular complexity index is 3050. The molecule has 0 aliphatic carbocycles. The summed E-state index contributed by atoms with van der Waals surface area (Å²) in [5.74, 6) is 0.702. The van der Waals surface area contributed by atoms with Crippen molar-refractivity contribution in [3.63, 3.8) is 0 Å². The van der Waals surface area contributed by atoms with Crippen LogP contribution in [0.15, 0.2) is 127 Å². The molecule has 0 amide bonds. The van der Waals surface area contributed by atoms with E-state index in [9.17, 15) is 0 Å². The lowest BCUT2D eigenvalue weighted by Crippen LogP contribution is -2.02. The number of para-hydroxylation sites is 1. The van der Waals surface area contributed by atoms with Crippen LogP contribution in [-0.2, 0) is 0 Å². The Morgan fingerprint density at radius 3 is 1.89 bits per heavy atom. The first-order chi connectivity index (χ1) is 22.8. The molecule has 5 aromatic heterocycles. The van der Waals surface area contributed by atoms with Gasteiger partial charge in [0.15, 0.2) is 0 Å². The van der Waals surface area contributed by atoms with Gasteiger partial charge in [0.1, 0.15) is 0 Å². The van der Waals surface area contributed by atoms with Crippen LogP contribution >= 0.6 is 34.0 Å². The molecule has 0 atom stereocenters. The fourth-order valence-electron chi connectivity index (χ4n) is 7.20. The average molecular weight is 640 g/mol. The number of nitrogens with zero attached hydrogens (tertiary/aromatic N) is 3. The van der Waals surface area contributed by atoms with Crippen molar-refractivity contribution in [2.75, 3.05) is 0 Å². The van der Waals surface area contributed by atoms with Crippen LogP contribution in [-0.4, -0.2) is 14.5 Å². The number of hydrogen-bond acceptors (Lipinski definition) is 5. The van der Waals surface area contributed by atoms with Gasteiger partial charge in [0.05, 0.1) is 26.9 Å². The highest BCUT2D eigenvalue weighted by Gasteiger charge is 2.22. The quantitative estimate of drug-likeness (QED) is 0.188. The highest BCUT2D eigenvalue weighted by Crippen LogP contribution is 2.45. The van der Waals surface area contributed by atoms with Crippen LogP contribution in [0.3, 0.4) is 0 Å². The van der Waals surface area contributed by atoms with Gasteiger partial charge in [0.25, 0.3) is 0 Å². The monoisotopic (exact) mass is 639 g/mol. The van der Waals surface area contributed by atoms with E-state index in [1.807, 2.05) is 22.7 Å². The summed E-state index contributed by atoms with van der Waals surface area (Å²) in [5.41, 5.74) is 5.34. The molecule has 0 fully saturated rings. The molecule has 11 aromatic rings. The second-order valence-corrected chi connectivity index (χ2v) is 14.9. The van der Waals surface area contributed by atoms with E-state index in [1.165, 1.54) is 61.2 Å². The van der Waals surface area contributed by atoms with Crippen molar-refractivity contribution in [2.24, 2.45) is 0 Å². The molecule has 0 spiro atoms. The number of fused-ring (bicyclic) bond motifs is 13. The summed E-state index contributed by atoms with van der Waals surface area (Å²) in [6.07, 6.45) is 0. The predicted octanol–water partition coefficient (Wildman–Crippen LogP) is 12.3. The maximum absolute atomic E-state index is 5.47. The van der Waals surface area contributed by atoms with Crippen molar-refractivity contribution in [2.45, 2.75) is 0 Å². The lowest BCUT2D eigenvalue weighted by atomic mass is 10.1. The molecule has 6 heteroatoms. The Morgan fingerprint density at radius 1 is 0.435 bits per heavy atom. The lowest BCUT2D eigenvalue weighted by Gasteiger charge is -2.10. The van der Waals surface area contributed by atoms with Gasteiger partial charge in [0.2, 0.25) is 5.95 Å². The molecule has 11 rings (SSSR count). The zero-order valence-electron chi connectivity index (χ0n) is 24.2. The van der Waals surface area contributed by atoms with Crippen molar-refractivity contribution >= 4 is 116 Å². The summed E-state index contributed by atoms with van der Waals surface area (Å²) in [7, 11) is 0. The van der Waals surface area contributed by atoms with E-state index in [1.54, 1.807) is 11.3 Å². The van der Waals surface area contributed by atoms with Crippen LogP contribution in [0.1, 0.15) is 0 Å². The first kappa shape index (κ1) is 25.1. The molecule has 214 valence electrons. The van der Waals surface area contributed by atoms with E-state index >= 15 is 0 Å². The Balaban J connectivity index is 1.27. The fourth-order valence-corrected chi connectivity index (χ4v) is 10.7. The van der Waals surface area contributed by atoms with E-state index in [4.69, 9.17) is 9.97 Å². The number of hydrogen-bond donors (Lipinski definition) is 0. The van der Waals surface area contributed by atoms with Gasteiger partial charge in [-0.15, -0.1) is 34.0 Å². The number of benzene rings is 6. The van der Waals surface area contributed by atoms with Crippen LogP contribution < -0.4 is 0 Å². The Hall–Kier alpha value is -5.14. The molecule has 0 saturated carbocycles. The highest BCUT2D eigenvalue weighted by molar-refractivity contribution is 7.27. The number of thiophene rings is 3. The number of rotatable bonds is 2. The van der Waals surface area contributed by atoms with Gasteiger partial charge in [-0.1, -0.05) is 84.9 Å². The van der Waals surface area contributed by atoms with Crippen LogP contribution in [0, 0.1) is 0 Å². The normalized spacial score (nSPS) is 12.3. The van der Waals surface area contributed by atoms with E-state index in [0.29, 0.717) is 5.95 Å². The van der Waals surface area contributed by atoms with Gasteiger partial charge in [0, 0.05) is 66.8 Å². The summed E-state index contributed by atoms with van der Waals surface area (Å²) >= 11 is 5.50. The summed E-state index contributed by atoms with van der Waals surface area (Å²) < 4.78 is 9.85. The fraction of sp³-hybridized carbons (Fsp3) is 0. The van der Waals surface area contributed by atoms with Gasteiger partial charge in [-0.25, -0.2) is 9.97 Å². The third-order valence-electron chi connectivity index (χ3n) is 9.24. The van der Waals surface area contributed by atoms with Gasteiger partial charge >= 0.3 is 0 Å². The molecular weight excluding hydrogens is 619 g/mol. The minimum absolute atomic E-state index is 0.702. The van der Waals surface area contributed by atoms with E-state index in [2.05, 4.69) is 132 Å². The molecule has 0 aliphatic heterocycles. The summed E-state index contributed by atoms with van der Waals surface area (Å²) in [6.45, 7) is 0. The molecule has 0 radical (unpaired) electrons. The van der Waals surface area contributed by atoms with Gasteiger partial charge in [-0.3, -0.25) is 4.57 Å². The Labute approximate surface area is 274 Å². The maximum atomic E-state index is 5.47. The molecule has 6 aromatic carbocycles. The zero-order chi connectivity index (χ0) is 29.9. The Morgan fingerprint density at radius 2 is 1.07 bits per heavy atom. The van der Waals surface area contributed by atoms with E-state index in [-0.39, 0.29) is 0 Å². The summed E-state index contributed by atoms with van der Waals surface area (Å²) in [5, 5.41) is 8.83. The van der Waals surface area contributed by atoms with Gasteiger partial charge in [-0.05, 0) is 42.5 Å². The van der Waals surface area contributed by atoms with Crippen molar-refractivity contribution < 1.29 is 0 Å². The largest absolute Gasteiger partial charge is 0.278 e. The Kier molecular flexibility index (Phi) is 5.02. The minimum Gasteiger partial charge on any atom is -0.278 e. The second-order valence-electron chi connectivity index (χ2n) is 11.7. The van der Waals surface area contributed by atoms with E-state index in [0.717, 1.165) is 32.5 Å². The molecule has 5 heterocycles. The van der Waals surface area contributed by atoms with Crippen LogP contribution in [0.4, 0.5) is 0 Å². The topological polar surface area (TPSA) is 30.7 Å². The van der Waals surface area contributed by atoms with Crippen LogP contribution in [0.5, 0.6) is 0 Å². The molecule has 0 aliphatic rings. The molecule has 46 heavy (non-hydrogen) atoms. The standard InChI is InChI=1S/C40H21N3S3/c1-5-13-29-26(11-1)35-30(19-18-25-23-9-2-7-15-32(23)45-38(25)35)43(29)40-41-36(39-37(42-40)27-12-4-8-16-33(27)46-39)22-17-20-34-28(21-22)24-10-3-6-14-31(24)44-34/h1-21H. The average Bonchev–Trinajstić information content (AvgIpc) is 3.86. The SMILES string of the molecule is c1ccc2c(c1)sc1ccc(-c3nc(-n4c5ccccc5c5c6sc7ccccc7c6ccc54)nc4c3sc3ccccc34)cc12. The first-order valence-electron chi connectivity index (χ1n) is 15.2. The molecule has 0 bridgehead atoms. The van der Waals surface area contributed by atoms with Gasteiger partial charge < -0.3 is 0 Å². The third-order valence-corrected chi connectivity index (χ3v) is 12.8. The minimum atomic E-state index is 0.702. The molecule has 3 nitrogen and oxygen atoms in total. The van der Waals surface area contributed by atoms with Crippen LogP contribution in [0.25, 0.3) is 99.7 Å². The summed E-state index contributed by atoms with van der Waals surface area (Å²) in [6, 6.07) is 46.1. The van der Waals surface area contributed by atoms with Crippen molar-refractivity contribution in [3.8, 4) is 17.2 Å².